The molecule has 5 nitrogen and oxygen atoms in total. The van der Waals surface area contributed by atoms with Crippen LogP contribution in [0.3, 0.4) is 0 Å². The van der Waals surface area contributed by atoms with E-state index in [1.165, 1.54) is 0 Å². The van der Waals surface area contributed by atoms with Crippen LogP contribution >= 0.6 is 0 Å². The standard InChI is InChI=1S/C25H35NO4SSi/c1-20-12-16-23(17-13-20)31(28,29)26-24(19-30-32(5,6)25(2,3)4)22(18-27)15-14-21-10-8-7-9-11-21/h7-13,16-17,22,24,26-27H,18-19H2,1-6H3/t22-,24-/m1/s1. The van der Waals surface area contributed by atoms with Gasteiger partial charge in [-0.2, -0.15) is 0 Å². The molecule has 2 atom stereocenters. The third kappa shape index (κ3) is 7.29. The molecule has 0 aliphatic carbocycles. The first-order valence-corrected chi connectivity index (χ1v) is 15.2. The van der Waals surface area contributed by atoms with Crippen molar-refractivity contribution in [1.29, 1.82) is 0 Å². The summed E-state index contributed by atoms with van der Waals surface area (Å²) >= 11 is 0. The highest BCUT2D eigenvalue weighted by molar-refractivity contribution is 7.89. The molecule has 2 aromatic carbocycles. The van der Waals surface area contributed by atoms with Gasteiger partial charge in [0.2, 0.25) is 10.0 Å². The highest BCUT2D eigenvalue weighted by Crippen LogP contribution is 2.36. The van der Waals surface area contributed by atoms with Crippen molar-refractivity contribution in [3.8, 4) is 11.8 Å². The van der Waals surface area contributed by atoms with Crippen LogP contribution in [0, 0.1) is 24.7 Å². The van der Waals surface area contributed by atoms with Crippen molar-refractivity contribution in [2.24, 2.45) is 5.92 Å². The lowest BCUT2D eigenvalue weighted by molar-refractivity contribution is 0.184. The Bertz CT molecular complexity index is 1030. The number of nitrogens with one attached hydrogen (secondary N) is 1. The summed E-state index contributed by atoms with van der Waals surface area (Å²) in [4.78, 5) is 0.174. The molecule has 0 spiro atoms. The average Bonchev–Trinajstić information content (AvgIpc) is 2.72. The van der Waals surface area contributed by atoms with Crippen LogP contribution in [0.2, 0.25) is 18.1 Å². The molecule has 7 heteroatoms. The van der Waals surface area contributed by atoms with Crippen LogP contribution in [0.4, 0.5) is 0 Å². The summed E-state index contributed by atoms with van der Waals surface area (Å²) in [6.07, 6.45) is 0. The van der Waals surface area contributed by atoms with Crippen LogP contribution < -0.4 is 4.72 Å². The molecule has 32 heavy (non-hydrogen) atoms. The number of rotatable bonds is 8. The molecule has 0 unspecified atom stereocenters. The zero-order chi connectivity index (χ0) is 24.0. The first-order chi connectivity index (χ1) is 14.9. The average molecular weight is 474 g/mol. The minimum absolute atomic E-state index is 0.0300. The van der Waals surface area contributed by atoms with Crippen molar-refractivity contribution in [3.63, 3.8) is 0 Å². The fourth-order valence-electron chi connectivity index (χ4n) is 2.70. The summed E-state index contributed by atoms with van der Waals surface area (Å²) in [5, 5.41) is 10.1. The summed E-state index contributed by atoms with van der Waals surface area (Å²) in [5.41, 5.74) is 1.78. The van der Waals surface area contributed by atoms with Crippen molar-refractivity contribution in [1.82, 2.24) is 4.72 Å². The zero-order valence-corrected chi connectivity index (χ0v) is 21.7. The molecule has 2 N–H and O–H groups in total. The minimum Gasteiger partial charge on any atom is -0.415 e. The Morgan fingerprint density at radius 3 is 2.19 bits per heavy atom. The second-order valence-electron chi connectivity index (χ2n) is 9.54. The summed E-state index contributed by atoms with van der Waals surface area (Å²) in [7, 11) is -5.95. The molecule has 0 aliphatic rings. The monoisotopic (exact) mass is 473 g/mol. The van der Waals surface area contributed by atoms with Gasteiger partial charge >= 0.3 is 0 Å². The Morgan fingerprint density at radius 2 is 1.66 bits per heavy atom. The van der Waals surface area contributed by atoms with E-state index in [2.05, 4.69) is 50.4 Å². The van der Waals surface area contributed by atoms with Gasteiger partial charge in [-0.25, -0.2) is 13.1 Å². The maximum atomic E-state index is 13.1. The zero-order valence-electron chi connectivity index (χ0n) is 19.8. The second-order valence-corrected chi connectivity index (χ2v) is 16.1. The molecule has 0 aromatic heterocycles. The van der Waals surface area contributed by atoms with E-state index in [1.54, 1.807) is 24.3 Å². The van der Waals surface area contributed by atoms with E-state index in [0.717, 1.165) is 11.1 Å². The van der Waals surface area contributed by atoms with Gasteiger partial charge in [0.1, 0.15) is 0 Å². The number of hydrogen-bond acceptors (Lipinski definition) is 4. The third-order valence-corrected chi connectivity index (χ3v) is 11.9. The summed E-state index contributed by atoms with van der Waals surface area (Å²) in [6, 6.07) is 15.4. The van der Waals surface area contributed by atoms with Gasteiger partial charge in [0, 0.05) is 5.56 Å². The Morgan fingerprint density at radius 1 is 1.06 bits per heavy atom. The minimum atomic E-state index is -3.81. The molecule has 0 heterocycles. The van der Waals surface area contributed by atoms with E-state index in [9.17, 15) is 13.5 Å². The van der Waals surface area contributed by atoms with E-state index >= 15 is 0 Å². The summed E-state index contributed by atoms with van der Waals surface area (Å²) in [6.45, 7) is 12.4. The molecule has 0 aliphatic heterocycles. The molecule has 2 rings (SSSR count). The van der Waals surface area contributed by atoms with Crippen molar-refractivity contribution in [3.05, 3.63) is 65.7 Å². The molecule has 0 bridgehead atoms. The van der Waals surface area contributed by atoms with Crippen molar-refractivity contribution in [2.45, 2.75) is 56.8 Å². The first kappa shape index (κ1) is 26.3. The van der Waals surface area contributed by atoms with Gasteiger partial charge in [-0.05, 0) is 49.3 Å². The van der Waals surface area contributed by atoms with Crippen LogP contribution in [0.15, 0.2) is 59.5 Å². The molecular weight excluding hydrogens is 438 g/mol. The lowest BCUT2D eigenvalue weighted by Gasteiger charge is -2.38. The SMILES string of the molecule is Cc1ccc(S(=O)(=O)N[C@H](CO[Si](C)(C)C(C)(C)C)[C@H](C#Cc2ccccc2)CO)cc1. The van der Waals surface area contributed by atoms with E-state index in [1.807, 2.05) is 37.3 Å². The predicted octanol–water partition coefficient (Wildman–Crippen LogP) is 4.32. The summed E-state index contributed by atoms with van der Waals surface area (Å²) in [5.74, 6) is 5.48. The van der Waals surface area contributed by atoms with Gasteiger partial charge in [0.25, 0.3) is 0 Å². The van der Waals surface area contributed by atoms with Crippen molar-refractivity contribution in [2.75, 3.05) is 13.2 Å². The maximum Gasteiger partial charge on any atom is 0.240 e. The van der Waals surface area contributed by atoms with E-state index < -0.39 is 30.3 Å². The predicted molar refractivity (Wildman–Crippen MR) is 132 cm³/mol. The maximum absolute atomic E-state index is 13.1. The topological polar surface area (TPSA) is 75.6 Å². The highest BCUT2D eigenvalue weighted by Gasteiger charge is 2.38. The Balaban J connectivity index is 2.34. The van der Waals surface area contributed by atoms with Crippen LogP contribution in [0.25, 0.3) is 0 Å². The normalized spacial score (nSPS) is 14.3. The fourth-order valence-corrected chi connectivity index (χ4v) is 4.99. The lowest BCUT2D eigenvalue weighted by Crippen LogP contribution is -2.49. The van der Waals surface area contributed by atoms with Gasteiger partial charge in [0.15, 0.2) is 8.32 Å². The number of hydrogen-bond donors (Lipinski definition) is 2. The largest absolute Gasteiger partial charge is 0.415 e. The smallest absolute Gasteiger partial charge is 0.240 e. The molecule has 0 saturated heterocycles. The quantitative estimate of drug-likeness (QED) is 0.442. The number of aliphatic hydroxyl groups is 1. The second kappa shape index (κ2) is 10.8. The summed E-state index contributed by atoms with van der Waals surface area (Å²) < 4.78 is 35.2. The number of sulfonamides is 1. The van der Waals surface area contributed by atoms with E-state index in [-0.39, 0.29) is 23.1 Å². The van der Waals surface area contributed by atoms with E-state index in [0.29, 0.717) is 0 Å². The van der Waals surface area contributed by atoms with Crippen molar-refractivity contribution < 1.29 is 18.0 Å². The molecule has 0 fully saturated rings. The van der Waals surface area contributed by atoms with Crippen LogP contribution in [-0.2, 0) is 14.4 Å². The molecule has 0 saturated carbocycles. The van der Waals surface area contributed by atoms with Gasteiger partial charge in [0.05, 0.1) is 30.1 Å². The number of benzene rings is 2. The number of aryl methyl sites for hydroxylation is 1. The molecule has 174 valence electrons. The first-order valence-electron chi connectivity index (χ1n) is 10.8. The van der Waals surface area contributed by atoms with Gasteiger partial charge in [-0.3, -0.25) is 0 Å². The fraction of sp³-hybridized carbons (Fsp3) is 0.440. The van der Waals surface area contributed by atoms with Crippen molar-refractivity contribution >= 4 is 18.3 Å². The van der Waals surface area contributed by atoms with Gasteiger partial charge in [-0.15, -0.1) is 0 Å². The molecule has 0 amide bonds. The highest BCUT2D eigenvalue weighted by atomic mass is 32.2. The molecular formula is C25H35NO4SSi. The van der Waals surface area contributed by atoms with Crippen LogP contribution in [-0.4, -0.2) is 41.1 Å². The Labute approximate surface area is 194 Å². The Kier molecular flexibility index (Phi) is 8.86. The third-order valence-electron chi connectivity index (χ3n) is 5.93. The van der Waals surface area contributed by atoms with Gasteiger partial charge in [-0.1, -0.05) is 68.5 Å². The van der Waals surface area contributed by atoms with Crippen LogP contribution in [0.5, 0.6) is 0 Å². The lowest BCUT2D eigenvalue weighted by atomic mass is 10.0. The van der Waals surface area contributed by atoms with E-state index in [4.69, 9.17) is 4.43 Å². The molecule has 2 aromatic rings. The van der Waals surface area contributed by atoms with Crippen LogP contribution in [0.1, 0.15) is 31.9 Å². The molecule has 0 radical (unpaired) electrons. The Hall–Kier alpha value is -1.95. The number of aliphatic hydroxyl groups excluding tert-OH is 1. The van der Waals surface area contributed by atoms with Gasteiger partial charge < -0.3 is 9.53 Å².